The average Bonchev–Trinajstić information content (AvgIpc) is 2.25. The van der Waals surface area contributed by atoms with Gasteiger partial charge in [-0.3, -0.25) is 0 Å². The van der Waals surface area contributed by atoms with E-state index in [1.54, 1.807) is 0 Å². The second-order valence-electron chi connectivity index (χ2n) is 5.94. The lowest BCUT2D eigenvalue weighted by atomic mass is 10.3. The van der Waals surface area contributed by atoms with Gasteiger partial charge in [0.25, 0.3) is 0 Å². The van der Waals surface area contributed by atoms with Crippen molar-refractivity contribution in [1.29, 1.82) is 0 Å². The van der Waals surface area contributed by atoms with Crippen LogP contribution >= 0.6 is 0 Å². The molecule has 106 valence electrons. The highest BCUT2D eigenvalue weighted by Gasteiger charge is 2.56. The second kappa shape index (κ2) is 5.72. The van der Waals surface area contributed by atoms with Crippen LogP contribution in [0.15, 0.2) is 12.3 Å². The standard InChI is InChI=1S/C12H28O3Si3/c1-8-17(9-2)13-16(6,7)14-18(10-3,15-17)11-12(4)5/h8,12H,1,9-11H2,2-7H3. The summed E-state index contributed by atoms with van der Waals surface area (Å²) in [5.74, 6) is 0.605. The zero-order valence-electron chi connectivity index (χ0n) is 12.7. The summed E-state index contributed by atoms with van der Waals surface area (Å²) < 4.78 is 19.2. The first-order valence-electron chi connectivity index (χ1n) is 6.96. The van der Waals surface area contributed by atoms with Gasteiger partial charge in [0.15, 0.2) is 0 Å². The Hall–Kier alpha value is 0.271. The van der Waals surface area contributed by atoms with Gasteiger partial charge in [0, 0.05) is 0 Å². The topological polar surface area (TPSA) is 27.7 Å². The summed E-state index contributed by atoms with van der Waals surface area (Å²) in [5, 5.41) is 0. The summed E-state index contributed by atoms with van der Waals surface area (Å²) in [7, 11) is -6.40. The molecule has 3 nitrogen and oxygen atoms in total. The summed E-state index contributed by atoms with van der Waals surface area (Å²) in [6.07, 6.45) is 0. The van der Waals surface area contributed by atoms with E-state index in [-0.39, 0.29) is 0 Å². The number of hydrogen-bond donors (Lipinski definition) is 0. The molecule has 0 saturated carbocycles. The maximum Gasteiger partial charge on any atom is 0.346 e. The molecule has 0 aromatic heterocycles. The molecule has 1 aliphatic heterocycles. The highest BCUT2D eigenvalue weighted by Crippen LogP contribution is 2.38. The quantitative estimate of drug-likeness (QED) is 0.717. The molecule has 0 bridgehead atoms. The van der Waals surface area contributed by atoms with Crippen molar-refractivity contribution in [3.05, 3.63) is 12.3 Å². The fourth-order valence-corrected chi connectivity index (χ4v) is 19.1. The van der Waals surface area contributed by atoms with Crippen LogP contribution < -0.4 is 0 Å². The normalized spacial score (nSPS) is 35.7. The molecule has 0 aromatic rings. The largest absolute Gasteiger partial charge is 0.416 e. The Balaban J connectivity index is 3.08. The van der Waals surface area contributed by atoms with Gasteiger partial charge in [-0.15, -0.1) is 6.58 Å². The minimum absolute atomic E-state index is 0.605. The minimum atomic E-state index is -2.23. The predicted molar refractivity (Wildman–Crippen MR) is 83.0 cm³/mol. The van der Waals surface area contributed by atoms with Gasteiger partial charge in [-0.1, -0.05) is 33.4 Å². The monoisotopic (exact) mass is 304 g/mol. The lowest BCUT2D eigenvalue weighted by molar-refractivity contribution is 0.224. The lowest BCUT2D eigenvalue weighted by Gasteiger charge is -2.50. The maximum absolute atomic E-state index is 6.51. The molecule has 2 atom stereocenters. The van der Waals surface area contributed by atoms with Gasteiger partial charge < -0.3 is 12.3 Å². The highest BCUT2D eigenvalue weighted by molar-refractivity contribution is 6.95. The molecule has 0 amide bonds. The molecule has 0 spiro atoms. The van der Waals surface area contributed by atoms with Crippen LogP contribution in [0.2, 0.25) is 31.2 Å². The van der Waals surface area contributed by atoms with E-state index < -0.39 is 25.7 Å². The third-order valence-corrected chi connectivity index (χ3v) is 17.1. The summed E-state index contributed by atoms with van der Waals surface area (Å²) in [6, 6.07) is 3.00. The van der Waals surface area contributed by atoms with E-state index >= 15 is 0 Å². The minimum Gasteiger partial charge on any atom is -0.416 e. The van der Waals surface area contributed by atoms with Crippen LogP contribution in [0.1, 0.15) is 27.7 Å². The molecule has 1 heterocycles. The molecule has 0 radical (unpaired) electrons. The molecule has 1 fully saturated rings. The molecule has 0 N–H and O–H groups in total. The number of hydrogen-bond acceptors (Lipinski definition) is 3. The smallest absolute Gasteiger partial charge is 0.346 e. The van der Waals surface area contributed by atoms with Gasteiger partial charge in [-0.25, -0.2) is 0 Å². The summed E-state index contributed by atoms with van der Waals surface area (Å²) in [4.78, 5) is 0. The van der Waals surface area contributed by atoms with Crippen molar-refractivity contribution in [3.8, 4) is 0 Å². The van der Waals surface area contributed by atoms with Crippen molar-refractivity contribution in [1.82, 2.24) is 0 Å². The van der Waals surface area contributed by atoms with Gasteiger partial charge in [0.1, 0.15) is 0 Å². The van der Waals surface area contributed by atoms with Crippen LogP contribution in [0.4, 0.5) is 0 Å². The van der Waals surface area contributed by atoms with Crippen molar-refractivity contribution in [2.24, 2.45) is 5.92 Å². The van der Waals surface area contributed by atoms with Gasteiger partial charge in [-0.05, 0) is 37.1 Å². The molecule has 2 unspecified atom stereocenters. The Morgan fingerprint density at radius 1 is 1.06 bits per heavy atom. The molecular formula is C12H28O3Si3. The molecule has 1 saturated heterocycles. The second-order valence-corrected chi connectivity index (χ2v) is 16.9. The van der Waals surface area contributed by atoms with Crippen molar-refractivity contribution >= 4 is 25.7 Å². The van der Waals surface area contributed by atoms with Gasteiger partial charge in [0.2, 0.25) is 0 Å². The van der Waals surface area contributed by atoms with Gasteiger partial charge >= 0.3 is 25.7 Å². The van der Waals surface area contributed by atoms with Crippen LogP contribution in [0, 0.1) is 5.92 Å². The van der Waals surface area contributed by atoms with E-state index in [1.807, 2.05) is 5.70 Å². The molecule has 0 aromatic carbocycles. The molecule has 1 rings (SSSR count). The first kappa shape index (κ1) is 16.3. The SMILES string of the molecule is C=C[Si]1(CC)O[Si](C)(C)O[Si](CC)(CC(C)C)O1. The fraction of sp³-hybridized carbons (Fsp3) is 0.833. The third kappa shape index (κ3) is 3.64. The van der Waals surface area contributed by atoms with E-state index in [9.17, 15) is 0 Å². The van der Waals surface area contributed by atoms with E-state index in [0.717, 1.165) is 18.1 Å². The molecule has 1 aliphatic rings. The average molecular weight is 305 g/mol. The van der Waals surface area contributed by atoms with E-state index in [4.69, 9.17) is 12.3 Å². The van der Waals surface area contributed by atoms with E-state index in [1.165, 1.54) is 0 Å². The van der Waals surface area contributed by atoms with Crippen LogP contribution in [0.3, 0.4) is 0 Å². The predicted octanol–water partition coefficient (Wildman–Crippen LogP) is 4.06. The Labute approximate surface area is 115 Å². The van der Waals surface area contributed by atoms with Crippen LogP contribution in [-0.4, -0.2) is 25.7 Å². The molecule has 6 heteroatoms. The van der Waals surface area contributed by atoms with Crippen LogP contribution in [0.5, 0.6) is 0 Å². The first-order chi connectivity index (χ1) is 8.22. The van der Waals surface area contributed by atoms with Gasteiger partial charge in [0.05, 0.1) is 0 Å². The van der Waals surface area contributed by atoms with Crippen LogP contribution in [0.25, 0.3) is 0 Å². The van der Waals surface area contributed by atoms with Gasteiger partial charge in [-0.2, -0.15) is 0 Å². The first-order valence-corrected chi connectivity index (χ1v) is 14.1. The highest BCUT2D eigenvalue weighted by atomic mass is 28.5. The fourth-order valence-electron chi connectivity index (χ4n) is 2.61. The summed E-state index contributed by atoms with van der Waals surface area (Å²) >= 11 is 0. The van der Waals surface area contributed by atoms with Crippen molar-refractivity contribution in [3.63, 3.8) is 0 Å². The third-order valence-electron chi connectivity index (χ3n) is 3.27. The van der Waals surface area contributed by atoms with Crippen molar-refractivity contribution < 1.29 is 12.3 Å². The Morgan fingerprint density at radius 2 is 1.67 bits per heavy atom. The zero-order chi connectivity index (χ0) is 14.0. The van der Waals surface area contributed by atoms with E-state index in [0.29, 0.717) is 5.92 Å². The molecule has 18 heavy (non-hydrogen) atoms. The summed E-state index contributed by atoms with van der Waals surface area (Å²) in [5.41, 5.74) is 1.96. The lowest BCUT2D eigenvalue weighted by Crippen LogP contribution is -2.67. The maximum atomic E-state index is 6.51. The van der Waals surface area contributed by atoms with Crippen LogP contribution in [-0.2, 0) is 12.3 Å². The molecule has 0 aliphatic carbocycles. The zero-order valence-corrected chi connectivity index (χ0v) is 15.7. The molecular weight excluding hydrogens is 276 g/mol. The van der Waals surface area contributed by atoms with Crippen molar-refractivity contribution in [2.45, 2.75) is 58.9 Å². The van der Waals surface area contributed by atoms with Crippen molar-refractivity contribution in [2.75, 3.05) is 0 Å². The van der Waals surface area contributed by atoms with E-state index in [2.05, 4.69) is 47.4 Å². The Kier molecular flexibility index (Phi) is 5.19. The summed E-state index contributed by atoms with van der Waals surface area (Å²) in [6.45, 7) is 17.1. The Morgan fingerprint density at radius 3 is 2.06 bits per heavy atom. The Bertz CT molecular complexity index is 309. The number of rotatable bonds is 5.